The van der Waals surface area contributed by atoms with Crippen molar-refractivity contribution in [1.29, 1.82) is 0 Å². The number of benzene rings is 1. The van der Waals surface area contributed by atoms with Crippen LogP contribution in [0.2, 0.25) is 0 Å². The lowest BCUT2D eigenvalue weighted by Gasteiger charge is -2.23. The molecule has 1 unspecified atom stereocenters. The lowest BCUT2D eigenvalue weighted by Crippen LogP contribution is -2.47. The minimum atomic E-state index is -4.61. The average Bonchev–Trinajstić information content (AvgIpc) is 2.40. The Bertz CT molecular complexity index is 633. The van der Waals surface area contributed by atoms with Crippen LogP contribution in [0.15, 0.2) is 29.2 Å². The molecule has 2 rings (SSSR count). The first-order valence-corrected chi connectivity index (χ1v) is 7.63. The summed E-state index contributed by atoms with van der Waals surface area (Å²) < 4.78 is 64.2. The fourth-order valence-corrected chi connectivity index (χ4v) is 3.28. The number of piperidine rings is 1. The van der Waals surface area contributed by atoms with Crippen molar-refractivity contribution in [2.75, 3.05) is 6.54 Å². The predicted molar refractivity (Wildman–Crippen MR) is 67.8 cm³/mol. The van der Waals surface area contributed by atoms with Gasteiger partial charge in [-0.3, -0.25) is 4.79 Å². The second-order valence-electron chi connectivity index (χ2n) is 4.69. The Labute approximate surface area is 119 Å². The maximum absolute atomic E-state index is 12.6. The minimum absolute atomic E-state index is 0.122. The van der Waals surface area contributed by atoms with Crippen LogP contribution in [0.1, 0.15) is 18.4 Å². The van der Waals surface area contributed by atoms with Gasteiger partial charge in [0.25, 0.3) is 0 Å². The lowest BCUT2D eigenvalue weighted by molar-refractivity contribution is -0.137. The highest BCUT2D eigenvalue weighted by Gasteiger charge is 2.32. The topological polar surface area (TPSA) is 75.3 Å². The third-order valence-corrected chi connectivity index (χ3v) is 4.58. The molecule has 0 bridgehead atoms. The molecule has 1 fully saturated rings. The molecule has 1 atom stereocenters. The summed E-state index contributed by atoms with van der Waals surface area (Å²) >= 11 is 0. The van der Waals surface area contributed by atoms with Crippen LogP contribution < -0.4 is 10.0 Å². The zero-order valence-corrected chi connectivity index (χ0v) is 11.6. The molecule has 9 heteroatoms. The highest BCUT2D eigenvalue weighted by molar-refractivity contribution is 7.89. The molecule has 0 saturated carbocycles. The van der Waals surface area contributed by atoms with Crippen molar-refractivity contribution in [3.8, 4) is 0 Å². The zero-order valence-electron chi connectivity index (χ0n) is 10.8. The molecule has 1 aromatic carbocycles. The molecule has 1 saturated heterocycles. The maximum atomic E-state index is 12.6. The van der Waals surface area contributed by atoms with Crippen LogP contribution in [-0.4, -0.2) is 26.9 Å². The molecule has 0 spiro atoms. The summed E-state index contributed by atoms with van der Waals surface area (Å²) in [4.78, 5) is 10.5. The highest BCUT2D eigenvalue weighted by atomic mass is 32.2. The first-order valence-electron chi connectivity index (χ1n) is 6.15. The van der Waals surface area contributed by atoms with Crippen LogP contribution >= 0.6 is 0 Å². The van der Waals surface area contributed by atoms with Crippen molar-refractivity contribution < 1.29 is 26.4 Å². The Morgan fingerprint density at radius 1 is 1.29 bits per heavy atom. The predicted octanol–water partition coefficient (Wildman–Crippen LogP) is 1.26. The number of nitrogens with one attached hydrogen (secondary N) is 2. The molecule has 116 valence electrons. The Morgan fingerprint density at radius 2 is 2.00 bits per heavy atom. The molecular weight excluding hydrogens is 309 g/mol. The number of hydrogen-bond acceptors (Lipinski definition) is 3. The van der Waals surface area contributed by atoms with Crippen LogP contribution in [0.25, 0.3) is 0 Å². The SMILES string of the molecule is O=C1CCC(NS(=O)(=O)c2cccc(C(F)(F)F)c2)CN1. The fourth-order valence-electron chi connectivity index (χ4n) is 1.96. The van der Waals surface area contributed by atoms with Gasteiger partial charge in [-0.15, -0.1) is 0 Å². The fraction of sp³-hybridized carbons (Fsp3) is 0.417. The average molecular weight is 322 g/mol. The van der Waals surface area contributed by atoms with E-state index in [0.29, 0.717) is 12.5 Å². The molecule has 1 aromatic rings. The number of hydrogen-bond donors (Lipinski definition) is 2. The molecular formula is C12H13F3N2O3S. The van der Waals surface area contributed by atoms with Gasteiger partial charge in [-0.1, -0.05) is 6.07 Å². The third kappa shape index (κ3) is 3.94. The van der Waals surface area contributed by atoms with E-state index in [1.54, 1.807) is 0 Å². The maximum Gasteiger partial charge on any atom is 0.416 e. The van der Waals surface area contributed by atoms with Crippen LogP contribution in [0.4, 0.5) is 13.2 Å². The van der Waals surface area contributed by atoms with E-state index in [-0.39, 0.29) is 18.9 Å². The van der Waals surface area contributed by atoms with E-state index in [1.165, 1.54) is 0 Å². The van der Waals surface area contributed by atoms with E-state index in [4.69, 9.17) is 0 Å². The number of alkyl halides is 3. The monoisotopic (exact) mass is 322 g/mol. The van der Waals surface area contributed by atoms with Gasteiger partial charge in [0.2, 0.25) is 15.9 Å². The van der Waals surface area contributed by atoms with E-state index in [9.17, 15) is 26.4 Å². The molecule has 5 nitrogen and oxygen atoms in total. The second-order valence-corrected chi connectivity index (χ2v) is 6.40. The summed E-state index contributed by atoms with van der Waals surface area (Å²) in [6, 6.07) is 3.00. The van der Waals surface area contributed by atoms with Crippen molar-refractivity contribution in [3.63, 3.8) is 0 Å². The number of rotatable bonds is 3. The normalized spacial score (nSPS) is 20.1. The summed E-state index contributed by atoms with van der Waals surface area (Å²) in [6.45, 7) is 0.122. The summed E-state index contributed by atoms with van der Waals surface area (Å²) in [5.41, 5.74) is -1.03. The molecule has 0 aromatic heterocycles. The molecule has 1 amide bonds. The van der Waals surface area contributed by atoms with Gasteiger partial charge in [0.05, 0.1) is 10.5 Å². The van der Waals surface area contributed by atoms with Gasteiger partial charge in [-0.05, 0) is 24.6 Å². The first kappa shape index (κ1) is 15.8. The Kier molecular flexibility index (Phi) is 4.24. The quantitative estimate of drug-likeness (QED) is 0.880. The third-order valence-electron chi connectivity index (χ3n) is 3.06. The number of amides is 1. The largest absolute Gasteiger partial charge is 0.416 e. The molecule has 0 aliphatic carbocycles. The van der Waals surface area contributed by atoms with E-state index in [2.05, 4.69) is 10.0 Å². The summed E-state index contributed by atoms with van der Waals surface area (Å²) in [5.74, 6) is -0.176. The van der Waals surface area contributed by atoms with E-state index in [1.807, 2.05) is 0 Å². The Hall–Kier alpha value is -1.61. The number of carbonyl (C=O) groups excluding carboxylic acids is 1. The van der Waals surface area contributed by atoms with Crippen molar-refractivity contribution in [2.24, 2.45) is 0 Å². The van der Waals surface area contributed by atoms with E-state index < -0.39 is 32.7 Å². The van der Waals surface area contributed by atoms with Gasteiger partial charge < -0.3 is 5.32 Å². The number of carbonyl (C=O) groups is 1. The summed E-state index contributed by atoms with van der Waals surface area (Å²) in [5, 5.41) is 2.50. The molecule has 2 N–H and O–H groups in total. The Balaban J connectivity index is 2.18. The molecule has 0 radical (unpaired) electrons. The van der Waals surface area contributed by atoms with E-state index in [0.717, 1.165) is 18.2 Å². The second kappa shape index (κ2) is 5.64. The van der Waals surface area contributed by atoms with Gasteiger partial charge >= 0.3 is 6.18 Å². The standard InChI is InChI=1S/C12H13F3N2O3S/c13-12(14,15)8-2-1-3-10(6-8)21(19,20)17-9-4-5-11(18)16-7-9/h1-3,6,9,17H,4-5,7H2,(H,16,18). The van der Waals surface area contributed by atoms with Crippen molar-refractivity contribution in [1.82, 2.24) is 10.0 Å². The molecule has 21 heavy (non-hydrogen) atoms. The molecule has 1 aliphatic heterocycles. The number of sulfonamides is 1. The van der Waals surface area contributed by atoms with Gasteiger partial charge in [-0.2, -0.15) is 13.2 Å². The van der Waals surface area contributed by atoms with Crippen LogP contribution in [0.3, 0.4) is 0 Å². The van der Waals surface area contributed by atoms with Crippen LogP contribution in [-0.2, 0) is 21.0 Å². The summed E-state index contributed by atoms with van der Waals surface area (Å²) in [7, 11) is -4.06. The van der Waals surface area contributed by atoms with E-state index >= 15 is 0 Å². The molecule has 1 heterocycles. The van der Waals surface area contributed by atoms with Crippen molar-refractivity contribution in [3.05, 3.63) is 29.8 Å². The molecule has 1 aliphatic rings. The lowest BCUT2D eigenvalue weighted by atomic mass is 10.1. The van der Waals surface area contributed by atoms with Gasteiger partial charge in [0.15, 0.2) is 0 Å². The number of halogens is 3. The zero-order chi connectivity index (χ0) is 15.7. The van der Waals surface area contributed by atoms with Gasteiger partial charge in [-0.25, -0.2) is 13.1 Å². The smallest absolute Gasteiger partial charge is 0.355 e. The minimum Gasteiger partial charge on any atom is -0.355 e. The van der Waals surface area contributed by atoms with Crippen molar-refractivity contribution in [2.45, 2.75) is 30.0 Å². The van der Waals surface area contributed by atoms with Gasteiger partial charge in [0, 0.05) is 19.0 Å². The highest BCUT2D eigenvalue weighted by Crippen LogP contribution is 2.30. The first-order chi connectivity index (χ1) is 9.68. The van der Waals surface area contributed by atoms with Crippen LogP contribution in [0.5, 0.6) is 0 Å². The Morgan fingerprint density at radius 3 is 2.57 bits per heavy atom. The summed E-state index contributed by atoms with van der Waals surface area (Å²) in [6.07, 6.45) is -4.12. The van der Waals surface area contributed by atoms with Crippen molar-refractivity contribution >= 4 is 15.9 Å². The van der Waals surface area contributed by atoms with Gasteiger partial charge in [0.1, 0.15) is 0 Å². The van der Waals surface area contributed by atoms with Crippen LogP contribution in [0, 0.1) is 0 Å².